The molecule has 2 aromatic rings. The molecule has 2 aromatic carbocycles. The van der Waals surface area contributed by atoms with Gasteiger partial charge in [-0.15, -0.1) is 0 Å². The largest absolute Gasteiger partial charge is 0.416 e. The molecule has 0 saturated heterocycles. The highest BCUT2D eigenvalue weighted by atomic mass is 79.9. The molecule has 0 unspecified atom stereocenters. The van der Waals surface area contributed by atoms with E-state index in [2.05, 4.69) is 21.2 Å². The van der Waals surface area contributed by atoms with Gasteiger partial charge in [-0.2, -0.15) is 18.4 Å². The summed E-state index contributed by atoms with van der Waals surface area (Å²) in [5, 5.41) is 11.9. The predicted octanol–water partition coefficient (Wildman–Crippen LogP) is 5.08. The van der Waals surface area contributed by atoms with Crippen molar-refractivity contribution in [2.75, 3.05) is 5.32 Å². The van der Waals surface area contributed by atoms with E-state index < -0.39 is 11.7 Å². The fraction of sp³-hybridized carbons (Fsp3) is 0.0714. The second-order valence-electron chi connectivity index (χ2n) is 4.01. The summed E-state index contributed by atoms with van der Waals surface area (Å²) in [5.41, 5.74) is 0.114. The zero-order valence-corrected chi connectivity index (χ0v) is 11.6. The van der Waals surface area contributed by atoms with E-state index in [1.54, 1.807) is 24.3 Å². The van der Waals surface area contributed by atoms with Gasteiger partial charge < -0.3 is 5.32 Å². The monoisotopic (exact) mass is 340 g/mol. The van der Waals surface area contributed by atoms with Crippen molar-refractivity contribution in [3.63, 3.8) is 0 Å². The fourth-order valence-corrected chi connectivity index (χ4v) is 2.04. The Morgan fingerprint density at radius 3 is 2.45 bits per heavy atom. The third kappa shape index (κ3) is 3.31. The van der Waals surface area contributed by atoms with E-state index >= 15 is 0 Å². The number of nitrogens with one attached hydrogen (secondary N) is 1. The van der Waals surface area contributed by atoms with E-state index in [-0.39, 0.29) is 5.56 Å². The lowest BCUT2D eigenvalue weighted by atomic mass is 10.1. The number of nitrogens with zero attached hydrogens (tertiary/aromatic N) is 1. The summed E-state index contributed by atoms with van der Waals surface area (Å²) in [5.74, 6) is 0. The molecule has 0 amide bonds. The zero-order chi connectivity index (χ0) is 14.8. The van der Waals surface area contributed by atoms with Gasteiger partial charge in [-0.05, 0) is 36.4 Å². The molecule has 0 aliphatic heterocycles. The van der Waals surface area contributed by atoms with Crippen molar-refractivity contribution in [3.8, 4) is 6.07 Å². The summed E-state index contributed by atoms with van der Waals surface area (Å²) in [7, 11) is 0. The van der Waals surface area contributed by atoms with Crippen LogP contribution in [0.5, 0.6) is 0 Å². The second-order valence-corrected chi connectivity index (χ2v) is 4.92. The number of anilines is 2. The van der Waals surface area contributed by atoms with Crippen LogP contribution >= 0.6 is 15.9 Å². The molecule has 0 radical (unpaired) electrons. The van der Waals surface area contributed by atoms with Crippen molar-refractivity contribution in [1.29, 1.82) is 5.26 Å². The van der Waals surface area contributed by atoms with Crippen LogP contribution in [0, 0.1) is 11.3 Å². The minimum absolute atomic E-state index is 0.0557. The van der Waals surface area contributed by atoms with Crippen LogP contribution in [0.25, 0.3) is 0 Å². The highest BCUT2D eigenvalue weighted by Crippen LogP contribution is 2.32. The molecular weight excluding hydrogens is 333 g/mol. The number of rotatable bonds is 2. The van der Waals surface area contributed by atoms with Gasteiger partial charge in [0.2, 0.25) is 0 Å². The second kappa shape index (κ2) is 5.55. The molecule has 2 rings (SSSR count). The molecule has 0 fully saturated rings. The predicted molar refractivity (Wildman–Crippen MR) is 73.6 cm³/mol. The molecule has 0 spiro atoms. The van der Waals surface area contributed by atoms with Crippen LogP contribution in [-0.4, -0.2) is 0 Å². The van der Waals surface area contributed by atoms with Crippen molar-refractivity contribution in [2.24, 2.45) is 0 Å². The van der Waals surface area contributed by atoms with Crippen molar-refractivity contribution in [2.45, 2.75) is 6.18 Å². The van der Waals surface area contributed by atoms with Gasteiger partial charge in [0.05, 0.1) is 16.8 Å². The zero-order valence-electron chi connectivity index (χ0n) is 10.0. The van der Waals surface area contributed by atoms with Crippen LogP contribution in [-0.2, 0) is 6.18 Å². The number of hydrogen-bond donors (Lipinski definition) is 1. The molecule has 0 aliphatic rings. The Bertz CT molecular complexity index is 675. The summed E-state index contributed by atoms with van der Waals surface area (Å²) in [6, 6.07) is 11.9. The first kappa shape index (κ1) is 14.4. The van der Waals surface area contributed by atoms with E-state index in [1.165, 1.54) is 6.07 Å². The Kier molecular flexibility index (Phi) is 4.00. The SMILES string of the molecule is N#Cc1cc(C(F)(F)F)ccc1Nc1cccc(Br)c1. The molecule has 6 heteroatoms. The Morgan fingerprint density at radius 2 is 1.85 bits per heavy atom. The minimum atomic E-state index is -4.46. The van der Waals surface area contributed by atoms with Crippen molar-refractivity contribution >= 4 is 27.3 Å². The van der Waals surface area contributed by atoms with Gasteiger partial charge >= 0.3 is 6.18 Å². The first-order valence-electron chi connectivity index (χ1n) is 5.54. The fourth-order valence-electron chi connectivity index (χ4n) is 1.64. The first-order chi connectivity index (χ1) is 9.40. The van der Waals surface area contributed by atoms with Crippen LogP contribution in [0.4, 0.5) is 24.5 Å². The third-order valence-electron chi connectivity index (χ3n) is 2.57. The molecule has 0 atom stereocenters. The van der Waals surface area contributed by atoms with Crippen molar-refractivity contribution in [3.05, 3.63) is 58.1 Å². The van der Waals surface area contributed by atoms with Gasteiger partial charge in [0, 0.05) is 10.2 Å². The Hall–Kier alpha value is -2.00. The van der Waals surface area contributed by atoms with Crippen LogP contribution in [0.1, 0.15) is 11.1 Å². The standard InChI is InChI=1S/C14H8BrF3N2/c15-11-2-1-3-12(7-11)20-13-5-4-10(14(16,17)18)6-9(13)8-19/h1-7,20H. The van der Waals surface area contributed by atoms with E-state index in [4.69, 9.17) is 5.26 Å². The maximum atomic E-state index is 12.6. The van der Waals surface area contributed by atoms with Gasteiger partial charge in [-0.25, -0.2) is 0 Å². The third-order valence-corrected chi connectivity index (χ3v) is 3.06. The Morgan fingerprint density at radius 1 is 1.10 bits per heavy atom. The summed E-state index contributed by atoms with van der Waals surface area (Å²) < 4.78 is 38.6. The maximum absolute atomic E-state index is 12.6. The quantitative estimate of drug-likeness (QED) is 0.827. The van der Waals surface area contributed by atoms with Crippen LogP contribution < -0.4 is 5.32 Å². The highest BCUT2D eigenvalue weighted by Gasteiger charge is 2.31. The molecule has 1 N–H and O–H groups in total. The smallest absolute Gasteiger partial charge is 0.354 e. The lowest BCUT2D eigenvalue weighted by Crippen LogP contribution is -2.06. The van der Waals surface area contributed by atoms with Crippen LogP contribution in [0.2, 0.25) is 0 Å². The summed E-state index contributed by atoms with van der Waals surface area (Å²) >= 11 is 3.30. The van der Waals surface area contributed by atoms with Gasteiger partial charge in [-0.1, -0.05) is 22.0 Å². The molecule has 102 valence electrons. The van der Waals surface area contributed by atoms with E-state index in [0.717, 1.165) is 16.6 Å². The molecule has 0 bridgehead atoms. The van der Waals surface area contributed by atoms with E-state index in [9.17, 15) is 13.2 Å². The van der Waals surface area contributed by atoms with Gasteiger partial charge in [-0.3, -0.25) is 0 Å². The number of alkyl halides is 3. The Labute approximate surface area is 122 Å². The highest BCUT2D eigenvalue weighted by molar-refractivity contribution is 9.10. The molecule has 20 heavy (non-hydrogen) atoms. The van der Waals surface area contributed by atoms with Gasteiger partial charge in [0.25, 0.3) is 0 Å². The van der Waals surface area contributed by atoms with Crippen LogP contribution in [0.15, 0.2) is 46.9 Å². The lowest BCUT2D eigenvalue weighted by molar-refractivity contribution is -0.137. The molecule has 0 heterocycles. The number of benzene rings is 2. The van der Waals surface area contributed by atoms with E-state index in [0.29, 0.717) is 11.4 Å². The average Bonchev–Trinajstić information content (AvgIpc) is 2.38. The summed E-state index contributed by atoms with van der Waals surface area (Å²) in [6.45, 7) is 0. The molecule has 0 aliphatic carbocycles. The summed E-state index contributed by atoms with van der Waals surface area (Å²) in [6.07, 6.45) is -4.46. The minimum Gasteiger partial charge on any atom is -0.354 e. The summed E-state index contributed by atoms with van der Waals surface area (Å²) in [4.78, 5) is 0. The van der Waals surface area contributed by atoms with Gasteiger partial charge in [0.1, 0.15) is 6.07 Å². The molecule has 0 saturated carbocycles. The van der Waals surface area contributed by atoms with Crippen molar-refractivity contribution < 1.29 is 13.2 Å². The number of halogens is 4. The molecular formula is C14H8BrF3N2. The lowest BCUT2D eigenvalue weighted by Gasteiger charge is -2.11. The van der Waals surface area contributed by atoms with Crippen LogP contribution in [0.3, 0.4) is 0 Å². The maximum Gasteiger partial charge on any atom is 0.416 e. The molecule has 2 nitrogen and oxygen atoms in total. The van der Waals surface area contributed by atoms with E-state index in [1.807, 2.05) is 6.07 Å². The molecule has 0 aromatic heterocycles. The Balaban J connectivity index is 2.36. The van der Waals surface area contributed by atoms with Gasteiger partial charge in [0.15, 0.2) is 0 Å². The first-order valence-corrected chi connectivity index (χ1v) is 6.33. The average molecular weight is 341 g/mol. The normalized spacial score (nSPS) is 10.9. The topological polar surface area (TPSA) is 35.8 Å². The number of hydrogen-bond acceptors (Lipinski definition) is 2. The van der Waals surface area contributed by atoms with Crippen molar-refractivity contribution in [1.82, 2.24) is 0 Å². The number of nitriles is 1.